The zero-order chi connectivity index (χ0) is 13.7. The summed E-state index contributed by atoms with van der Waals surface area (Å²) < 4.78 is 1.85. The van der Waals surface area contributed by atoms with E-state index in [1.54, 1.807) is 12.5 Å². The number of hydrogen-bond donors (Lipinski definition) is 2. The highest BCUT2D eigenvalue weighted by Gasteiger charge is 2.10. The molecule has 19 heavy (non-hydrogen) atoms. The first-order valence-corrected chi connectivity index (χ1v) is 6.48. The van der Waals surface area contributed by atoms with Crippen LogP contribution in [0, 0.1) is 0 Å². The minimum absolute atomic E-state index is 0.702. The predicted molar refractivity (Wildman–Crippen MR) is 76.1 cm³/mol. The Kier molecular flexibility index (Phi) is 4.33. The lowest BCUT2D eigenvalue weighted by Gasteiger charge is -2.13. The van der Waals surface area contributed by atoms with Gasteiger partial charge in [0.1, 0.15) is 18.0 Å². The first kappa shape index (κ1) is 13.3. The van der Waals surface area contributed by atoms with Gasteiger partial charge in [0.15, 0.2) is 0 Å². The van der Waals surface area contributed by atoms with Crippen molar-refractivity contribution in [3.8, 4) is 0 Å². The molecule has 0 aromatic carbocycles. The van der Waals surface area contributed by atoms with Crippen molar-refractivity contribution in [2.45, 2.75) is 26.3 Å². The van der Waals surface area contributed by atoms with E-state index in [4.69, 9.17) is 0 Å². The third kappa shape index (κ3) is 3.01. The Labute approximate surface area is 113 Å². The van der Waals surface area contributed by atoms with E-state index in [2.05, 4.69) is 32.6 Å². The number of aryl methyl sites for hydroxylation is 1. The molecule has 0 bridgehead atoms. The molecule has 6 heteroatoms. The summed E-state index contributed by atoms with van der Waals surface area (Å²) in [6, 6.07) is 1.99. The number of aromatic nitrogens is 4. The summed E-state index contributed by atoms with van der Waals surface area (Å²) >= 11 is 0. The Bertz CT molecular complexity index is 534. The third-order valence-electron chi connectivity index (χ3n) is 3.04. The molecule has 6 nitrogen and oxygen atoms in total. The van der Waals surface area contributed by atoms with Crippen molar-refractivity contribution < 1.29 is 0 Å². The van der Waals surface area contributed by atoms with Gasteiger partial charge in [-0.15, -0.1) is 0 Å². The molecule has 0 saturated heterocycles. The van der Waals surface area contributed by atoms with E-state index in [9.17, 15) is 0 Å². The molecule has 0 radical (unpaired) electrons. The molecule has 0 saturated carbocycles. The number of hydrogen-bond acceptors (Lipinski definition) is 5. The molecule has 2 aromatic rings. The van der Waals surface area contributed by atoms with E-state index < -0.39 is 0 Å². The summed E-state index contributed by atoms with van der Waals surface area (Å²) in [5.74, 6) is 1.78. The van der Waals surface area contributed by atoms with Crippen LogP contribution in [0.5, 0.6) is 0 Å². The van der Waals surface area contributed by atoms with E-state index in [1.165, 1.54) is 0 Å². The summed E-state index contributed by atoms with van der Waals surface area (Å²) in [6.07, 6.45) is 5.38. The maximum atomic E-state index is 4.34. The van der Waals surface area contributed by atoms with Crippen LogP contribution >= 0.6 is 0 Å². The number of anilines is 2. The third-order valence-corrected chi connectivity index (χ3v) is 3.04. The predicted octanol–water partition coefficient (Wildman–Crippen LogP) is 1.82. The first-order valence-electron chi connectivity index (χ1n) is 6.48. The van der Waals surface area contributed by atoms with Gasteiger partial charge >= 0.3 is 0 Å². The van der Waals surface area contributed by atoms with Gasteiger partial charge in [0.2, 0.25) is 0 Å². The van der Waals surface area contributed by atoms with Crippen molar-refractivity contribution in [2.75, 3.05) is 17.7 Å². The summed E-state index contributed by atoms with van der Waals surface area (Å²) in [5, 5.41) is 10.6. The fraction of sp³-hybridized carbons (Fsp3) is 0.462. The van der Waals surface area contributed by atoms with Gasteiger partial charge in [0, 0.05) is 25.9 Å². The van der Waals surface area contributed by atoms with Crippen molar-refractivity contribution in [1.82, 2.24) is 19.7 Å². The summed E-state index contributed by atoms with van der Waals surface area (Å²) in [6.45, 7) is 2.85. The van der Waals surface area contributed by atoms with Crippen LogP contribution in [0.25, 0.3) is 0 Å². The van der Waals surface area contributed by atoms with Crippen LogP contribution in [0.2, 0.25) is 0 Å². The van der Waals surface area contributed by atoms with Crippen molar-refractivity contribution >= 4 is 11.6 Å². The van der Waals surface area contributed by atoms with E-state index >= 15 is 0 Å². The molecule has 0 fully saturated rings. The van der Waals surface area contributed by atoms with E-state index in [-0.39, 0.29) is 0 Å². The zero-order valence-corrected chi connectivity index (χ0v) is 11.6. The lowest BCUT2D eigenvalue weighted by molar-refractivity contribution is 0.719. The van der Waals surface area contributed by atoms with Crippen LogP contribution in [0.15, 0.2) is 18.6 Å². The Morgan fingerprint density at radius 2 is 2.05 bits per heavy atom. The second-order valence-corrected chi connectivity index (χ2v) is 4.35. The highest BCUT2D eigenvalue weighted by atomic mass is 15.3. The van der Waals surface area contributed by atoms with Crippen LogP contribution in [-0.2, 0) is 20.0 Å². The number of nitrogens with zero attached hydrogens (tertiary/aromatic N) is 4. The Morgan fingerprint density at radius 3 is 2.68 bits per heavy atom. The zero-order valence-electron chi connectivity index (χ0n) is 11.6. The number of rotatable bonds is 6. The average Bonchev–Trinajstić information content (AvgIpc) is 2.83. The van der Waals surface area contributed by atoms with Gasteiger partial charge in [-0.25, -0.2) is 9.97 Å². The fourth-order valence-corrected chi connectivity index (χ4v) is 2.02. The van der Waals surface area contributed by atoms with Crippen molar-refractivity contribution in [2.24, 2.45) is 7.05 Å². The quantitative estimate of drug-likeness (QED) is 0.829. The minimum atomic E-state index is 0.702. The van der Waals surface area contributed by atoms with Gasteiger partial charge in [0.25, 0.3) is 0 Å². The maximum absolute atomic E-state index is 4.34. The van der Waals surface area contributed by atoms with Crippen LogP contribution < -0.4 is 10.6 Å². The molecule has 0 atom stereocenters. The van der Waals surface area contributed by atoms with Gasteiger partial charge < -0.3 is 10.6 Å². The van der Waals surface area contributed by atoms with Gasteiger partial charge in [0.05, 0.1) is 12.2 Å². The van der Waals surface area contributed by atoms with Crippen molar-refractivity contribution in [3.63, 3.8) is 0 Å². The van der Waals surface area contributed by atoms with Crippen LogP contribution in [0.4, 0.5) is 11.6 Å². The molecule has 0 spiro atoms. The smallest absolute Gasteiger partial charge is 0.135 e. The molecule has 0 aliphatic carbocycles. The van der Waals surface area contributed by atoms with Gasteiger partial charge in [-0.1, -0.05) is 13.3 Å². The standard InChI is InChI=1S/C13H20N6/c1-4-5-11-12(14-2)16-9-17-13(11)15-8-10-6-7-18-19(10)3/h6-7,9H,4-5,8H2,1-3H3,(H2,14,15,16,17). The first-order chi connectivity index (χ1) is 9.26. The molecule has 2 aromatic heterocycles. The Hall–Kier alpha value is -2.11. The molecule has 2 heterocycles. The molecular formula is C13H20N6. The lowest BCUT2D eigenvalue weighted by atomic mass is 10.1. The van der Waals surface area contributed by atoms with Crippen LogP contribution in [0.1, 0.15) is 24.6 Å². The highest BCUT2D eigenvalue weighted by Crippen LogP contribution is 2.21. The minimum Gasteiger partial charge on any atom is -0.373 e. The molecular weight excluding hydrogens is 240 g/mol. The largest absolute Gasteiger partial charge is 0.373 e. The van der Waals surface area contributed by atoms with Gasteiger partial charge in [-0.3, -0.25) is 4.68 Å². The maximum Gasteiger partial charge on any atom is 0.135 e. The normalized spacial score (nSPS) is 10.5. The highest BCUT2D eigenvalue weighted by molar-refractivity contribution is 5.57. The summed E-state index contributed by atoms with van der Waals surface area (Å²) in [5.41, 5.74) is 2.25. The second kappa shape index (κ2) is 6.17. The SMILES string of the molecule is CCCc1c(NC)ncnc1NCc1ccnn1C. The van der Waals surface area contributed by atoms with E-state index in [0.717, 1.165) is 35.7 Å². The molecule has 102 valence electrons. The molecule has 0 aliphatic rings. The summed E-state index contributed by atoms with van der Waals surface area (Å²) in [4.78, 5) is 8.60. The molecule has 2 N–H and O–H groups in total. The second-order valence-electron chi connectivity index (χ2n) is 4.35. The summed E-state index contributed by atoms with van der Waals surface area (Å²) in [7, 11) is 3.81. The fourth-order valence-electron chi connectivity index (χ4n) is 2.02. The van der Waals surface area contributed by atoms with Crippen LogP contribution in [0.3, 0.4) is 0 Å². The van der Waals surface area contributed by atoms with E-state index in [0.29, 0.717) is 6.54 Å². The molecule has 0 amide bonds. The molecule has 0 unspecified atom stereocenters. The van der Waals surface area contributed by atoms with Gasteiger partial charge in [-0.2, -0.15) is 5.10 Å². The molecule has 2 rings (SSSR count). The van der Waals surface area contributed by atoms with E-state index in [1.807, 2.05) is 24.8 Å². The molecule has 0 aliphatic heterocycles. The van der Waals surface area contributed by atoms with Gasteiger partial charge in [-0.05, 0) is 12.5 Å². The van der Waals surface area contributed by atoms with Crippen molar-refractivity contribution in [3.05, 3.63) is 29.8 Å². The van der Waals surface area contributed by atoms with Crippen LogP contribution in [-0.4, -0.2) is 26.8 Å². The Balaban J connectivity index is 2.17. The average molecular weight is 260 g/mol. The topological polar surface area (TPSA) is 67.7 Å². The Morgan fingerprint density at radius 1 is 1.26 bits per heavy atom. The monoisotopic (exact) mass is 260 g/mol. The lowest BCUT2D eigenvalue weighted by Crippen LogP contribution is -2.10. The number of nitrogens with one attached hydrogen (secondary N) is 2. The van der Waals surface area contributed by atoms with Crippen molar-refractivity contribution in [1.29, 1.82) is 0 Å².